The number of anilines is 1. The molecule has 0 aliphatic carbocycles. The van der Waals surface area contributed by atoms with Crippen molar-refractivity contribution in [2.75, 3.05) is 18.5 Å². The van der Waals surface area contributed by atoms with Gasteiger partial charge in [0.15, 0.2) is 0 Å². The molecule has 0 spiro atoms. The van der Waals surface area contributed by atoms with Crippen LogP contribution in [0.4, 0.5) is 5.69 Å². The van der Waals surface area contributed by atoms with Crippen LogP contribution in [0, 0.1) is 0 Å². The molecule has 2 N–H and O–H groups in total. The molecule has 0 aromatic heterocycles. The first-order chi connectivity index (χ1) is 10.6. The van der Waals surface area contributed by atoms with Gasteiger partial charge in [0.05, 0.1) is 6.10 Å². The lowest BCUT2D eigenvalue weighted by Crippen LogP contribution is -2.36. The summed E-state index contributed by atoms with van der Waals surface area (Å²) in [7, 11) is 0. The first kappa shape index (κ1) is 17.0. The molecule has 0 saturated carbocycles. The summed E-state index contributed by atoms with van der Waals surface area (Å²) >= 11 is 0. The van der Waals surface area contributed by atoms with Crippen LogP contribution in [-0.4, -0.2) is 31.2 Å². The predicted molar refractivity (Wildman–Crippen MR) is 90.2 cm³/mol. The van der Waals surface area contributed by atoms with Gasteiger partial charge in [-0.2, -0.15) is 0 Å². The molecule has 0 bridgehead atoms. The van der Waals surface area contributed by atoms with E-state index in [0.717, 1.165) is 31.7 Å². The van der Waals surface area contributed by atoms with E-state index >= 15 is 0 Å². The van der Waals surface area contributed by atoms with Crippen LogP contribution >= 0.6 is 0 Å². The first-order valence-corrected chi connectivity index (χ1v) is 8.30. The van der Waals surface area contributed by atoms with E-state index in [1.807, 2.05) is 25.1 Å². The van der Waals surface area contributed by atoms with Crippen LogP contribution in [0.25, 0.3) is 0 Å². The summed E-state index contributed by atoms with van der Waals surface area (Å²) in [5, 5.41) is 6.43. The molecule has 1 aromatic carbocycles. The molecule has 0 unspecified atom stereocenters. The molecule has 1 heterocycles. The summed E-state index contributed by atoms with van der Waals surface area (Å²) < 4.78 is 5.58. The standard InChI is InChI=1S/C18H28N2O2/c1-13(2)16-8-4-5-9-17(16)20-18(21)11-14(3)19-12-15-7-6-10-22-15/h4-5,8-9,13-15,19H,6-7,10-12H2,1-3H3,(H,20,21)/t14-,15-/m1/s1. The van der Waals surface area contributed by atoms with Crippen molar-refractivity contribution in [3.05, 3.63) is 29.8 Å². The Kier molecular flexibility index (Phi) is 6.40. The van der Waals surface area contributed by atoms with Crippen LogP contribution < -0.4 is 10.6 Å². The maximum atomic E-state index is 12.2. The fourth-order valence-electron chi connectivity index (χ4n) is 2.80. The van der Waals surface area contributed by atoms with E-state index in [-0.39, 0.29) is 11.9 Å². The third-order valence-corrected chi connectivity index (χ3v) is 4.07. The monoisotopic (exact) mass is 304 g/mol. The van der Waals surface area contributed by atoms with E-state index in [1.165, 1.54) is 5.56 Å². The molecule has 2 rings (SSSR count). The number of para-hydroxylation sites is 1. The minimum absolute atomic E-state index is 0.0560. The Morgan fingerprint density at radius 2 is 2.09 bits per heavy atom. The molecule has 0 radical (unpaired) electrons. The Balaban J connectivity index is 1.79. The van der Waals surface area contributed by atoms with Gasteiger partial charge in [-0.25, -0.2) is 0 Å². The van der Waals surface area contributed by atoms with Gasteiger partial charge in [0.2, 0.25) is 5.91 Å². The maximum absolute atomic E-state index is 12.2. The Bertz CT molecular complexity index is 482. The van der Waals surface area contributed by atoms with E-state index in [4.69, 9.17) is 4.74 Å². The van der Waals surface area contributed by atoms with E-state index in [0.29, 0.717) is 18.4 Å². The van der Waals surface area contributed by atoms with E-state index in [9.17, 15) is 4.79 Å². The summed E-state index contributed by atoms with van der Waals surface area (Å²) in [6.07, 6.45) is 3.05. The van der Waals surface area contributed by atoms with Crippen molar-refractivity contribution in [3.8, 4) is 0 Å². The van der Waals surface area contributed by atoms with Crippen LogP contribution in [-0.2, 0) is 9.53 Å². The van der Waals surface area contributed by atoms with Gasteiger partial charge in [-0.05, 0) is 37.3 Å². The van der Waals surface area contributed by atoms with Crippen molar-refractivity contribution < 1.29 is 9.53 Å². The molecule has 1 aliphatic heterocycles. The van der Waals surface area contributed by atoms with Gasteiger partial charge in [0, 0.05) is 31.3 Å². The molecule has 1 amide bonds. The van der Waals surface area contributed by atoms with Crippen LogP contribution in [0.2, 0.25) is 0 Å². The Morgan fingerprint density at radius 3 is 2.77 bits per heavy atom. The highest BCUT2D eigenvalue weighted by Crippen LogP contribution is 2.23. The molecule has 4 nitrogen and oxygen atoms in total. The minimum Gasteiger partial charge on any atom is -0.377 e. The summed E-state index contributed by atoms with van der Waals surface area (Å²) in [6, 6.07) is 8.16. The van der Waals surface area contributed by atoms with E-state index in [1.54, 1.807) is 0 Å². The summed E-state index contributed by atoms with van der Waals surface area (Å²) in [6.45, 7) is 8.01. The van der Waals surface area contributed by atoms with Gasteiger partial charge in [-0.3, -0.25) is 4.79 Å². The first-order valence-electron chi connectivity index (χ1n) is 8.30. The second kappa shape index (κ2) is 8.30. The number of benzene rings is 1. The lowest BCUT2D eigenvalue weighted by Gasteiger charge is -2.18. The Hall–Kier alpha value is -1.39. The molecule has 1 aromatic rings. The van der Waals surface area contributed by atoms with Gasteiger partial charge in [0.1, 0.15) is 0 Å². The van der Waals surface area contributed by atoms with Crippen molar-refractivity contribution >= 4 is 11.6 Å². The van der Waals surface area contributed by atoms with Gasteiger partial charge < -0.3 is 15.4 Å². The summed E-state index contributed by atoms with van der Waals surface area (Å²) in [4.78, 5) is 12.2. The van der Waals surface area contributed by atoms with Gasteiger partial charge in [-0.15, -0.1) is 0 Å². The van der Waals surface area contributed by atoms with Crippen molar-refractivity contribution in [2.24, 2.45) is 0 Å². The van der Waals surface area contributed by atoms with Crippen LogP contribution in [0.3, 0.4) is 0 Å². The topological polar surface area (TPSA) is 50.4 Å². The fourth-order valence-corrected chi connectivity index (χ4v) is 2.80. The van der Waals surface area contributed by atoms with E-state index < -0.39 is 0 Å². The lowest BCUT2D eigenvalue weighted by atomic mass is 10.0. The maximum Gasteiger partial charge on any atom is 0.225 e. The minimum atomic E-state index is 0.0560. The van der Waals surface area contributed by atoms with Crippen molar-refractivity contribution in [1.29, 1.82) is 0 Å². The quantitative estimate of drug-likeness (QED) is 0.812. The van der Waals surface area contributed by atoms with Crippen molar-refractivity contribution in [1.82, 2.24) is 5.32 Å². The molecular formula is C18H28N2O2. The smallest absolute Gasteiger partial charge is 0.225 e. The number of amides is 1. The lowest BCUT2D eigenvalue weighted by molar-refractivity contribution is -0.116. The number of carbonyl (C=O) groups excluding carboxylic acids is 1. The molecular weight excluding hydrogens is 276 g/mol. The molecule has 22 heavy (non-hydrogen) atoms. The fraction of sp³-hybridized carbons (Fsp3) is 0.611. The Morgan fingerprint density at radius 1 is 1.32 bits per heavy atom. The molecule has 1 fully saturated rings. The largest absolute Gasteiger partial charge is 0.377 e. The van der Waals surface area contributed by atoms with Crippen LogP contribution in [0.15, 0.2) is 24.3 Å². The number of hydrogen-bond acceptors (Lipinski definition) is 3. The highest BCUT2D eigenvalue weighted by molar-refractivity contribution is 5.91. The summed E-state index contributed by atoms with van der Waals surface area (Å²) in [5.41, 5.74) is 2.10. The second-order valence-corrected chi connectivity index (χ2v) is 6.44. The van der Waals surface area contributed by atoms with Crippen molar-refractivity contribution in [3.63, 3.8) is 0 Å². The van der Waals surface area contributed by atoms with Crippen LogP contribution in [0.5, 0.6) is 0 Å². The molecule has 1 aliphatic rings. The highest BCUT2D eigenvalue weighted by Gasteiger charge is 2.17. The van der Waals surface area contributed by atoms with Gasteiger partial charge >= 0.3 is 0 Å². The number of carbonyl (C=O) groups is 1. The third-order valence-electron chi connectivity index (χ3n) is 4.07. The second-order valence-electron chi connectivity index (χ2n) is 6.44. The highest BCUT2D eigenvalue weighted by atomic mass is 16.5. The summed E-state index contributed by atoms with van der Waals surface area (Å²) in [5.74, 6) is 0.451. The normalized spacial score (nSPS) is 19.4. The zero-order valence-corrected chi connectivity index (χ0v) is 13.9. The number of hydrogen-bond donors (Lipinski definition) is 2. The molecule has 1 saturated heterocycles. The van der Waals surface area contributed by atoms with Gasteiger partial charge in [-0.1, -0.05) is 32.0 Å². The Labute approximate surface area is 133 Å². The van der Waals surface area contributed by atoms with Crippen LogP contribution in [0.1, 0.15) is 51.5 Å². The number of ether oxygens (including phenoxy) is 1. The van der Waals surface area contributed by atoms with Gasteiger partial charge in [0.25, 0.3) is 0 Å². The average Bonchev–Trinajstić information content (AvgIpc) is 2.98. The molecule has 122 valence electrons. The molecule has 2 atom stereocenters. The molecule has 4 heteroatoms. The third kappa shape index (κ3) is 5.11. The zero-order valence-electron chi connectivity index (χ0n) is 13.9. The number of nitrogens with one attached hydrogen (secondary N) is 2. The number of rotatable bonds is 7. The average molecular weight is 304 g/mol. The predicted octanol–water partition coefficient (Wildman–Crippen LogP) is 3.30. The van der Waals surface area contributed by atoms with E-state index in [2.05, 4.69) is 30.5 Å². The van der Waals surface area contributed by atoms with Crippen molar-refractivity contribution in [2.45, 2.75) is 58.1 Å². The SMILES string of the molecule is CC(C)c1ccccc1NC(=O)C[C@@H](C)NC[C@H]1CCCO1. The zero-order chi connectivity index (χ0) is 15.9.